The summed E-state index contributed by atoms with van der Waals surface area (Å²) >= 11 is 1.55. The molecule has 0 aliphatic carbocycles. The van der Waals surface area contributed by atoms with E-state index < -0.39 is 36.2 Å². The quantitative estimate of drug-likeness (QED) is 0.0778. The van der Waals surface area contributed by atoms with Crippen LogP contribution in [0, 0.1) is 0 Å². The molecule has 1 fully saturated rings. The lowest BCUT2D eigenvalue weighted by Crippen LogP contribution is -2.38. The third kappa shape index (κ3) is 7.33. The van der Waals surface area contributed by atoms with Crippen molar-refractivity contribution in [3.8, 4) is 0 Å². The van der Waals surface area contributed by atoms with E-state index >= 15 is 0 Å². The molecule has 1 saturated heterocycles. The zero-order valence-electron chi connectivity index (χ0n) is 26.9. The Morgan fingerprint density at radius 2 is 1.41 bits per heavy atom. The first-order valence-electron chi connectivity index (χ1n) is 16.1. The predicted octanol–water partition coefficient (Wildman–Crippen LogP) is 7.17. The average Bonchev–Trinajstić information content (AvgIpc) is 3.45. The number of ether oxygens (including phenoxy) is 3. The first-order valence-corrected chi connectivity index (χ1v) is 17.1. The summed E-state index contributed by atoms with van der Waals surface area (Å²) < 4.78 is 18.2. The fourth-order valence-electron chi connectivity index (χ4n) is 6.22. The second-order valence-electron chi connectivity index (χ2n) is 12.1. The predicted molar refractivity (Wildman–Crippen MR) is 188 cm³/mol. The molecule has 0 spiro atoms. The number of hydrogen-bond acceptors (Lipinski definition) is 9. The summed E-state index contributed by atoms with van der Waals surface area (Å²) in [6.45, 7) is -0.0915. The maximum atomic E-state index is 13.2. The van der Waals surface area contributed by atoms with Crippen molar-refractivity contribution < 1.29 is 43.6 Å². The van der Waals surface area contributed by atoms with E-state index in [0.29, 0.717) is 17.0 Å². The highest BCUT2D eigenvalue weighted by Gasteiger charge is 2.42. The van der Waals surface area contributed by atoms with Gasteiger partial charge in [0.05, 0.1) is 35.5 Å². The number of aliphatic hydroxyl groups is 1. The largest absolute Gasteiger partial charge is 0.478 e. The minimum atomic E-state index is -0.992. The molecule has 4 atom stereocenters. The molecular formula is C40H31NO9S. The molecule has 5 aromatic carbocycles. The van der Waals surface area contributed by atoms with E-state index in [9.17, 15) is 29.4 Å². The zero-order chi connectivity index (χ0) is 35.5. The van der Waals surface area contributed by atoms with Gasteiger partial charge < -0.3 is 29.7 Å². The normalized spacial score (nSPS) is 19.6. The number of hydrogen-bond donors (Lipinski definition) is 3. The number of thioether (sulfide) groups is 1. The lowest BCUT2D eigenvalue weighted by atomic mass is 9.84. The Morgan fingerprint density at radius 3 is 2.14 bits per heavy atom. The van der Waals surface area contributed by atoms with Crippen LogP contribution < -0.4 is 5.32 Å². The topological polar surface area (TPSA) is 148 Å². The number of carboxylic acid groups (broad SMARTS) is 1. The minimum Gasteiger partial charge on any atom is -0.478 e. The molecule has 0 saturated carbocycles. The molecule has 10 nitrogen and oxygen atoms in total. The maximum absolute atomic E-state index is 13.2. The number of carbonyl (C=O) groups is 4. The van der Waals surface area contributed by atoms with Gasteiger partial charge in [-0.25, -0.2) is 14.4 Å². The molecule has 0 bridgehead atoms. The van der Waals surface area contributed by atoms with Gasteiger partial charge in [-0.05, 0) is 71.3 Å². The average molecular weight is 702 g/mol. The monoisotopic (exact) mass is 701 g/mol. The van der Waals surface area contributed by atoms with Gasteiger partial charge in [0.15, 0.2) is 6.29 Å². The summed E-state index contributed by atoms with van der Waals surface area (Å²) in [5.41, 5.74) is 4.34. The molecule has 3 N–H and O–H groups in total. The van der Waals surface area contributed by atoms with Crippen LogP contribution in [0.25, 0.3) is 0 Å². The van der Waals surface area contributed by atoms with Gasteiger partial charge in [-0.1, -0.05) is 66.7 Å². The Bertz CT molecular complexity index is 2100. The number of carboxylic acids is 1. The summed E-state index contributed by atoms with van der Waals surface area (Å²) in [7, 11) is 0. The molecule has 0 radical (unpaired) electrons. The highest BCUT2D eigenvalue weighted by atomic mass is 32.2. The summed E-state index contributed by atoms with van der Waals surface area (Å²) in [6.07, 6.45) is -1.69. The molecule has 2 aliphatic rings. The highest BCUT2D eigenvalue weighted by molar-refractivity contribution is 7.99. The van der Waals surface area contributed by atoms with Crippen molar-refractivity contribution in [1.29, 1.82) is 0 Å². The fraction of sp³-hybridized carbons (Fsp3) is 0.150. The molecule has 7 rings (SSSR count). The number of anilines is 1. The Balaban J connectivity index is 1.19. The van der Waals surface area contributed by atoms with Crippen LogP contribution in [0.3, 0.4) is 0 Å². The molecule has 2 aliphatic heterocycles. The van der Waals surface area contributed by atoms with Gasteiger partial charge in [-0.3, -0.25) is 4.79 Å². The standard InChI is InChI=1S/C40H31NO9S/c42-21-23-9-11-25(12-10-23)35-34(24-5-2-1-3-6-24)33(22-51-30-16-13-26(14-17-30)37(44)45)48-40(49-35)28-7-4-8-29(19-28)41-36(43)27-15-18-31-32(20-27)39(47)50-38(31)46/h1-20,33-35,40,42H,21-22H2,(H,41,43)(H,44,45)/t33-,34-,35+,40?/m1/s1. The zero-order valence-corrected chi connectivity index (χ0v) is 27.7. The molecular weight excluding hydrogens is 671 g/mol. The molecule has 1 unspecified atom stereocenters. The van der Waals surface area contributed by atoms with Gasteiger partial charge in [-0.15, -0.1) is 11.8 Å². The summed E-state index contributed by atoms with van der Waals surface area (Å²) in [6, 6.07) is 35.6. The van der Waals surface area contributed by atoms with E-state index in [-0.39, 0.29) is 40.9 Å². The fourth-order valence-corrected chi connectivity index (χ4v) is 7.19. The number of nitrogens with one attached hydrogen (secondary N) is 1. The second kappa shape index (κ2) is 14.7. The van der Waals surface area contributed by atoms with Crippen LogP contribution in [0.2, 0.25) is 0 Å². The van der Waals surface area contributed by atoms with Crippen molar-refractivity contribution >= 4 is 41.3 Å². The molecule has 11 heteroatoms. The van der Waals surface area contributed by atoms with Crippen molar-refractivity contribution in [3.63, 3.8) is 0 Å². The van der Waals surface area contributed by atoms with Crippen LogP contribution >= 0.6 is 11.8 Å². The number of esters is 2. The van der Waals surface area contributed by atoms with E-state index in [1.54, 1.807) is 54.2 Å². The van der Waals surface area contributed by atoms with Gasteiger partial charge in [0.2, 0.25) is 0 Å². The minimum absolute atomic E-state index is 0.0400. The third-order valence-corrected chi connectivity index (χ3v) is 9.91. The molecule has 2 heterocycles. The lowest BCUT2D eigenvalue weighted by Gasteiger charge is -2.43. The Kier molecular flexibility index (Phi) is 9.78. The van der Waals surface area contributed by atoms with Crippen LogP contribution in [0.5, 0.6) is 0 Å². The number of benzene rings is 5. The summed E-state index contributed by atoms with van der Waals surface area (Å²) in [4.78, 5) is 49.5. The van der Waals surface area contributed by atoms with Crippen molar-refractivity contribution in [1.82, 2.24) is 0 Å². The van der Waals surface area contributed by atoms with E-state index in [2.05, 4.69) is 10.1 Å². The van der Waals surface area contributed by atoms with Gasteiger partial charge in [-0.2, -0.15) is 0 Å². The molecule has 256 valence electrons. The number of aliphatic hydroxyl groups excluding tert-OH is 1. The van der Waals surface area contributed by atoms with Crippen molar-refractivity contribution in [3.05, 3.63) is 166 Å². The van der Waals surface area contributed by atoms with E-state index in [1.807, 2.05) is 60.7 Å². The number of aromatic carboxylic acids is 1. The van der Waals surface area contributed by atoms with Gasteiger partial charge >= 0.3 is 17.9 Å². The molecule has 0 aromatic heterocycles. The Hall–Kier alpha value is -5.59. The van der Waals surface area contributed by atoms with E-state index in [0.717, 1.165) is 21.6 Å². The van der Waals surface area contributed by atoms with E-state index in [4.69, 9.17) is 9.47 Å². The molecule has 1 amide bonds. The van der Waals surface area contributed by atoms with Gasteiger partial charge in [0.25, 0.3) is 5.91 Å². The van der Waals surface area contributed by atoms with Crippen LogP contribution in [0.1, 0.15) is 82.0 Å². The van der Waals surface area contributed by atoms with Gasteiger partial charge in [0, 0.05) is 33.4 Å². The second-order valence-corrected chi connectivity index (χ2v) is 13.2. The molecule has 51 heavy (non-hydrogen) atoms. The van der Waals surface area contributed by atoms with Crippen LogP contribution in [0.15, 0.2) is 126 Å². The highest BCUT2D eigenvalue weighted by Crippen LogP contribution is 2.48. The SMILES string of the molecule is O=C(O)c1ccc(SC[C@H]2OC(c3cccc(NC(=O)c4ccc5c(c4)C(=O)OC5=O)c3)O[C@@H](c3ccc(CO)cc3)[C@@H]2c2ccccc2)cc1. The summed E-state index contributed by atoms with van der Waals surface area (Å²) in [5.74, 6) is -2.74. The first kappa shape index (κ1) is 33.9. The van der Waals surface area contributed by atoms with E-state index in [1.165, 1.54) is 18.2 Å². The van der Waals surface area contributed by atoms with Crippen molar-refractivity contribution in [2.24, 2.45) is 0 Å². The first-order chi connectivity index (χ1) is 24.8. The third-order valence-electron chi connectivity index (χ3n) is 8.81. The smallest absolute Gasteiger partial charge is 0.346 e. The summed E-state index contributed by atoms with van der Waals surface area (Å²) in [5, 5.41) is 21.9. The maximum Gasteiger partial charge on any atom is 0.346 e. The number of cyclic esters (lactones) is 2. The van der Waals surface area contributed by atoms with Crippen LogP contribution in [-0.2, 0) is 20.8 Å². The van der Waals surface area contributed by atoms with Gasteiger partial charge in [0.1, 0.15) is 0 Å². The molecule has 5 aromatic rings. The van der Waals surface area contributed by atoms with Crippen molar-refractivity contribution in [2.75, 3.05) is 11.1 Å². The van der Waals surface area contributed by atoms with Crippen molar-refractivity contribution in [2.45, 2.75) is 35.9 Å². The number of fused-ring (bicyclic) bond motifs is 1. The Morgan fingerprint density at radius 1 is 0.706 bits per heavy atom. The number of amides is 1. The number of carbonyl (C=O) groups excluding carboxylic acids is 3. The van der Waals surface area contributed by atoms with Crippen LogP contribution in [-0.4, -0.2) is 45.9 Å². The Labute approximate surface area is 297 Å². The number of rotatable bonds is 10. The lowest BCUT2D eigenvalue weighted by molar-refractivity contribution is -0.255. The van der Waals surface area contributed by atoms with Crippen LogP contribution in [0.4, 0.5) is 5.69 Å².